The number of hydrogen-bond acceptors (Lipinski definition) is 10. The van der Waals surface area contributed by atoms with Gasteiger partial charge < -0.3 is 28.8 Å². The average molecular weight is 749 g/mol. The fourth-order valence-corrected chi connectivity index (χ4v) is 7.25. The van der Waals surface area contributed by atoms with Crippen molar-refractivity contribution in [2.24, 2.45) is 0 Å². The highest BCUT2D eigenvalue weighted by Crippen LogP contribution is 2.33. The second kappa shape index (κ2) is 15.2. The molecule has 0 bridgehead atoms. The summed E-state index contributed by atoms with van der Waals surface area (Å²) in [6.07, 6.45) is 9.32. The molecule has 6 aromatic rings. The van der Waals surface area contributed by atoms with Crippen molar-refractivity contribution in [1.82, 2.24) is 30.2 Å². The molecule has 3 aliphatic rings. The highest BCUT2D eigenvalue weighted by atomic mass is 16.5. The van der Waals surface area contributed by atoms with Gasteiger partial charge in [0.05, 0.1) is 12.8 Å². The molecule has 9 rings (SSSR count). The SMILES string of the molecule is O=C1CCC(N2Cc3cc(OCCOCC#Cc4ccc(O[C@H]5C[C@H](Oc6ccc(-c7ccc8c(c7)[nH]c7ccncc78)cn6)C5)cn4)ccc3C2=O)C(=O)N1. The number of rotatable bonds is 11. The van der Waals surface area contributed by atoms with Crippen LogP contribution in [0.5, 0.6) is 17.4 Å². The lowest BCUT2D eigenvalue weighted by Crippen LogP contribution is -2.52. The number of aromatic amines is 1. The largest absolute Gasteiger partial charge is 0.491 e. The Morgan fingerprint density at radius 2 is 1.68 bits per heavy atom. The van der Waals surface area contributed by atoms with Gasteiger partial charge in [-0.25, -0.2) is 9.97 Å². The molecule has 1 aliphatic carbocycles. The molecule has 2 N–H and O–H groups in total. The Morgan fingerprint density at radius 3 is 2.52 bits per heavy atom. The Kier molecular flexibility index (Phi) is 9.46. The number of imide groups is 1. The molecule has 280 valence electrons. The van der Waals surface area contributed by atoms with Crippen molar-refractivity contribution in [3.8, 4) is 40.3 Å². The van der Waals surface area contributed by atoms with Gasteiger partial charge in [0.15, 0.2) is 0 Å². The molecule has 6 heterocycles. The molecule has 3 amide bonds. The van der Waals surface area contributed by atoms with Crippen LogP contribution in [0.25, 0.3) is 32.9 Å². The Bertz CT molecular complexity index is 2520. The maximum absolute atomic E-state index is 12.9. The number of amides is 3. The molecule has 2 fully saturated rings. The highest BCUT2D eigenvalue weighted by Gasteiger charge is 2.39. The normalized spacial score (nSPS) is 18.9. The predicted octanol–water partition coefficient (Wildman–Crippen LogP) is 5.37. The predicted molar refractivity (Wildman–Crippen MR) is 205 cm³/mol. The number of ether oxygens (including phenoxy) is 4. The first-order chi connectivity index (χ1) is 27.4. The minimum atomic E-state index is -0.650. The summed E-state index contributed by atoms with van der Waals surface area (Å²) < 4.78 is 23.6. The molecule has 1 saturated heterocycles. The first-order valence-corrected chi connectivity index (χ1v) is 18.5. The average Bonchev–Trinajstić information content (AvgIpc) is 3.73. The van der Waals surface area contributed by atoms with Crippen molar-refractivity contribution in [3.63, 3.8) is 0 Å². The van der Waals surface area contributed by atoms with E-state index in [9.17, 15) is 14.4 Å². The molecule has 1 saturated carbocycles. The molecule has 0 spiro atoms. The van der Waals surface area contributed by atoms with Crippen LogP contribution in [-0.2, 0) is 20.9 Å². The van der Waals surface area contributed by atoms with Crippen LogP contribution in [0, 0.1) is 11.8 Å². The van der Waals surface area contributed by atoms with Crippen LogP contribution in [0.15, 0.2) is 91.5 Å². The molecular formula is C43H36N6O7. The summed E-state index contributed by atoms with van der Waals surface area (Å²) in [7, 11) is 0. The summed E-state index contributed by atoms with van der Waals surface area (Å²) in [5.41, 5.74) is 6.15. The van der Waals surface area contributed by atoms with Gasteiger partial charge in [-0.3, -0.25) is 24.7 Å². The van der Waals surface area contributed by atoms with Crippen molar-refractivity contribution in [2.45, 2.75) is 50.5 Å². The molecule has 2 aliphatic heterocycles. The number of carbonyl (C=O) groups is 3. The Morgan fingerprint density at radius 1 is 0.804 bits per heavy atom. The van der Waals surface area contributed by atoms with Crippen molar-refractivity contribution >= 4 is 39.5 Å². The summed E-state index contributed by atoms with van der Waals surface area (Å²) in [6, 6.07) is 20.5. The molecule has 13 heteroatoms. The number of H-pyrrole nitrogens is 1. The topological polar surface area (TPSA) is 158 Å². The zero-order valence-electron chi connectivity index (χ0n) is 30.2. The number of pyridine rings is 3. The van der Waals surface area contributed by atoms with Gasteiger partial charge in [0, 0.05) is 83.4 Å². The molecule has 1 atom stereocenters. The second-order valence-electron chi connectivity index (χ2n) is 13.9. The van der Waals surface area contributed by atoms with E-state index in [0.29, 0.717) is 54.8 Å². The third-order valence-corrected chi connectivity index (χ3v) is 10.2. The molecule has 0 radical (unpaired) electrons. The summed E-state index contributed by atoms with van der Waals surface area (Å²) in [6.45, 7) is 1.12. The van der Waals surface area contributed by atoms with Crippen molar-refractivity contribution in [2.75, 3.05) is 19.8 Å². The number of nitrogens with one attached hydrogen (secondary N) is 2. The Balaban J connectivity index is 0.672. The number of aromatic nitrogens is 4. The minimum absolute atomic E-state index is 0.0371. The van der Waals surface area contributed by atoms with E-state index in [1.54, 1.807) is 30.6 Å². The van der Waals surface area contributed by atoms with Crippen LogP contribution in [-0.4, -0.2) is 80.6 Å². The van der Waals surface area contributed by atoms with Crippen LogP contribution >= 0.6 is 0 Å². The van der Waals surface area contributed by atoms with E-state index in [-0.39, 0.29) is 37.0 Å². The van der Waals surface area contributed by atoms with E-state index in [0.717, 1.165) is 51.3 Å². The lowest BCUT2D eigenvalue weighted by molar-refractivity contribution is -0.136. The van der Waals surface area contributed by atoms with Gasteiger partial charge in [0.25, 0.3) is 5.91 Å². The molecular weight excluding hydrogens is 713 g/mol. The number of fused-ring (bicyclic) bond motifs is 4. The van der Waals surface area contributed by atoms with Gasteiger partial charge >= 0.3 is 0 Å². The number of carbonyl (C=O) groups excluding carboxylic acids is 3. The third kappa shape index (κ3) is 7.34. The van der Waals surface area contributed by atoms with Gasteiger partial charge in [0.1, 0.15) is 48.7 Å². The molecule has 1 unspecified atom stereocenters. The van der Waals surface area contributed by atoms with E-state index < -0.39 is 11.9 Å². The maximum Gasteiger partial charge on any atom is 0.255 e. The van der Waals surface area contributed by atoms with Crippen LogP contribution in [0.2, 0.25) is 0 Å². The quantitative estimate of drug-likeness (QED) is 0.100. The molecule has 13 nitrogen and oxygen atoms in total. The zero-order chi connectivity index (χ0) is 38.0. The van der Waals surface area contributed by atoms with Gasteiger partial charge in [0.2, 0.25) is 17.7 Å². The number of hydrogen-bond donors (Lipinski definition) is 2. The second-order valence-corrected chi connectivity index (χ2v) is 13.9. The summed E-state index contributed by atoms with van der Waals surface area (Å²) in [5.74, 6) is 6.87. The van der Waals surface area contributed by atoms with E-state index in [1.807, 2.05) is 42.7 Å². The first kappa shape index (κ1) is 35.0. The van der Waals surface area contributed by atoms with Gasteiger partial charge in [-0.1, -0.05) is 18.1 Å². The summed E-state index contributed by atoms with van der Waals surface area (Å²) in [5, 5.41) is 4.57. The van der Waals surface area contributed by atoms with Crippen molar-refractivity contribution in [3.05, 3.63) is 108 Å². The third-order valence-electron chi connectivity index (χ3n) is 10.2. The van der Waals surface area contributed by atoms with E-state index in [4.69, 9.17) is 18.9 Å². The molecule has 2 aromatic carbocycles. The smallest absolute Gasteiger partial charge is 0.255 e. The first-order valence-electron chi connectivity index (χ1n) is 18.5. The van der Waals surface area contributed by atoms with E-state index in [1.165, 1.54) is 4.90 Å². The maximum atomic E-state index is 12.9. The standard InChI is InChI=1S/C43H36N6O7/c50-40-11-10-39(42(51)48-40)49-25-28-18-30(7-9-34(28)43(49)52)54-17-16-53-15-1-2-29-5-6-31(23-45-29)55-32-20-33(21-32)56-41-12-4-27(22-46-41)26-3-8-35-36-24-44-14-13-37(36)47-38(35)19-26/h3-9,12-14,18-19,22-24,32-33,39,47H,10-11,15-17,20-21,25H2,(H,48,50,51)/t32-,33-,39?. The van der Waals surface area contributed by atoms with Crippen LogP contribution < -0.4 is 19.5 Å². The van der Waals surface area contributed by atoms with Crippen LogP contribution in [0.3, 0.4) is 0 Å². The lowest BCUT2D eigenvalue weighted by atomic mass is 9.92. The van der Waals surface area contributed by atoms with Crippen molar-refractivity contribution in [1.29, 1.82) is 0 Å². The van der Waals surface area contributed by atoms with E-state index in [2.05, 4.69) is 55.3 Å². The number of piperidine rings is 1. The monoisotopic (exact) mass is 748 g/mol. The lowest BCUT2D eigenvalue weighted by Gasteiger charge is -2.34. The fourth-order valence-electron chi connectivity index (χ4n) is 7.25. The zero-order valence-corrected chi connectivity index (χ0v) is 30.2. The van der Waals surface area contributed by atoms with Gasteiger partial charge in [-0.15, -0.1) is 0 Å². The number of nitrogens with zero attached hydrogens (tertiary/aromatic N) is 4. The Labute approximate surface area is 321 Å². The van der Waals surface area contributed by atoms with E-state index >= 15 is 0 Å². The minimum Gasteiger partial charge on any atom is -0.491 e. The molecule has 4 aromatic heterocycles. The van der Waals surface area contributed by atoms with Crippen molar-refractivity contribution < 1.29 is 33.3 Å². The van der Waals surface area contributed by atoms with Crippen LogP contribution in [0.1, 0.15) is 47.3 Å². The summed E-state index contributed by atoms with van der Waals surface area (Å²) >= 11 is 0. The summed E-state index contributed by atoms with van der Waals surface area (Å²) in [4.78, 5) is 54.8. The number of benzene rings is 2. The fraction of sp³-hybridized carbons (Fsp3) is 0.256. The highest BCUT2D eigenvalue weighted by molar-refractivity contribution is 6.08. The van der Waals surface area contributed by atoms with Gasteiger partial charge in [-0.05, 0) is 72.0 Å². The van der Waals surface area contributed by atoms with Gasteiger partial charge in [-0.2, -0.15) is 0 Å². The van der Waals surface area contributed by atoms with Crippen LogP contribution in [0.4, 0.5) is 0 Å². The Hall–Kier alpha value is -6.78. The molecule has 56 heavy (non-hydrogen) atoms.